The van der Waals surface area contributed by atoms with Crippen molar-refractivity contribution in [1.82, 2.24) is 0 Å². The molecule has 1 aliphatic rings. The summed E-state index contributed by atoms with van der Waals surface area (Å²) in [7, 11) is 2.09. The van der Waals surface area contributed by atoms with Crippen LogP contribution >= 0.6 is 11.3 Å². The summed E-state index contributed by atoms with van der Waals surface area (Å²) in [6.07, 6.45) is 5.07. The molecule has 1 heterocycles. The van der Waals surface area contributed by atoms with Gasteiger partial charge in [0.2, 0.25) is 5.51 Å². The average molecular weight is 140 g/mol. The Morgan fingerprint density at radius 1 is 1.67 bits per heavy atom. The van der Waals surface area contributed by atoms with E-state index < -0.39 is 0 Å². The Labute approximate surface area is 59.0 Å². The van der Waals surface area contributed by atoms with Crippen molar-refractivity contribution in [3.05, 3.63) is 16.6 Å². The Hall–Kier alpha value is -0.370. The predicted octanol–water partition coefficient (Wildman–Crippen LogP) is 1.45. The largest absolute Gasteiger partial charge is 0.224 e. The van der Waals surface area contributed by atoms with E-state index in [2.05, 4.69) is 23.3 Å². The molecular formula is C7H10NS+. The van der Waals surface area contributed by atoms with Crippen molar-refractivity contribution in [2.24, 2.45) is 7.05 Å². The lowest BCUT2D eigenvalue weighted by Gasteiger charge is -1.78. The maximum Gasteiger partial charge on any atom is 0.224 e. The number of nitrogens with zero attached hydrogens (tertiary/aromatic N) is 1. The molecule has 0 N–H and O–H groups in total. The lowest BCUT2D eigenvalue weighted by atomic mass is 10.4. The third-order valence-electron chi connectivity index (χ3n) is 1.67. The molecule has 0 radical (unpaired) electrons. The van der Waals surface area contributed by atoms with Gasteiger partial charge in [0.15, 0.2) is 6.20 Å². The zero-order chi connectivity index (χ0) is 6.27. The van der Waals surface area contributed by atoms with Crippen LogP contribution in [-0.2, 0) is 7.05 Å². The van der Waals surface area contributed by atoms with Crippen LogP contribution in [0.4, 0.5) is 0 Å². The van der Waals surface area contributed by atoms with Crippen LogP contribution in [-0.4, -0.2) is 0 Å². The highest BCUT2D eigenvalue weighted by Crippen LogP contribution is 2.41. The van der Waals surface area contributed by atoms with Crippen LogP contribution in [0.15, 0.2) is 11.7 Å². The highest BCUT2D eigenvalue weighted by Gasteiger charge is 2.26. The van der Waals surface area contributed by atoms with Gasteiger partial charge in [0, 0.05) is 0 Å². The van der Waals surface area contributed by atoms with Crippen LogP contribution in [0.25, 0.3) is 0 Å². The van der Waals surface area contributed by atoms with E-state index in [9.17, 15) is 0 Å². The average Bonchev–Trinajstić information content (AvgIpc) is 2.58. The van der Waals surface area contributed by atoms with E-state index in [1.165, 1.54) is 12.8 Å². The second kappa shape index (κ2) is 1.81. The SMILES string of the molecule is C[n+]1csc(C2CC2)c1. The fourth-order valence-electron chi connectivity index (χ4n) is 0.975. The van der Waals surface area contributed by atoms with Gasteiger partial charge in [0.25, 0.3) is 0 Å². The van der Waals surface area contributed by atoms with Crippen LogP contribution in [0.2, 0.25) is 0 Å². The van der Waals surface area contributed by atoms with Crippen molar-refractivity contribution in [1.29, 1.82) is 0 Å². The Morgan fingerprint density at radius 2 is 2.44 bits per heavy atom. The second-order valence-electron chi connectivity index (χ2n) is 2.69. The second-order valence-corrected chi connectivity index (χ2v) is 3.61. The molecule has 2 rings (SSSR count). The summed E-state index contributed by atoms with van der Waals surface area (Å²) in [5.74, 6) is 0.927. The Bertz CT molecular complexity index is 212. The van der Waals surface area contributed by atoms with Crippen molar-refractivity contribution in [2.45, 2.75) is 18.8 Å². The van der Waals surface area contributed by atoms with Gasteiger partial charge in [0.1, 0.15) is 7.05 Å². The van der Waals surface area contributed by atoms with Crippen molar-refractivity contribution in [3.8, 4) is 0 Å². The summed E-state index contributed by atoms with van der Waals surface area (Å²) >= 11 is 1.88. The molecule has 0 unspecified atom stereocenters. The topological polar surface area (TPSA) is 3.88 Å². The minimum atomic E-state index is 0.927. The zero-order valence-electron chi connectivity index (χ0n) is 5.50. The Balaban J connectivity index is 2.28. The summed E-state index contributed by atoms with van der Waals surface area (Å²) in [6, 6.07) is 0. The van der Waals surface area contributed by atoms with Gasteiger partial charge in [-0.2, -0.15) is 4.57 Å². The molecule has 0 saturated heterocycles. The summed E-state index contributed by atoms with van der Waals surface area (Å²) in [4.78, 5) is 1.57. The summed E-state index contributed by atoms with van der Waals surface area (Å²) < 4.78 is 2.14. The minimum Gasteiger partial charge on any atom is -0.198 e. The van der Waals surface area contributed by atoms with Crippen LogP contribution in [0.1, 0.15) is 23.6 Å². The van der Waals surface area contributed by atoms with Gasteiger partial charge < -0.3 is 0 Å². The molecule has 0 aromatic carbocycles. The number of rotatable bonds is 1. The van der Waals surface area contributed by atoms with E-state index >= 15 is 0 Å². The van der Waals surface area contributed by atoms with Crippen LogP contribution < -0.4 is 4.57 Å². The van der Waals surface area contributed by atoms with E-state index in [0.717, 1.165) is 5.92 Å². The van der Waals surface area contributed by atoms with Gasteiger partial charge in [0.05, 0.1) is 4.88 Å². The normalized spacial score (nSPS) is 18.3. The van der Waals surface area contributed by atoms with Crippen LogP contribution in [0.3, 0.4) is 0 Å². The predicted molar refractivity (Wildman–Crippen MR) is 37.5 cm³/mol. The van der Waals surface area contributed by atoms with Gasteiger partial charge >= 0.3 is 0 Å². The Morgan fingerprint density at radius 3 is 2.89 bits per heavy atom. The third kappa shape index (κ3) is 0.990. The first-order valence-electron chi connectivity index (χ1n) is 3.30. The van der Waals surface area contributed by atoms with E-state index in [0.29, 0.717) is 0 Å². The molecular weight excluding hydrogens is 130 g/mol. The molecule has 0 bridgehead atoms. The van der Waals surface area contributed by atoms with Crippen LogP contribution in [0.5, 0.6) is 0 Å². The molecule has 1 aliphatic carbocycles. The monoisotopic (exact) mass is 140 g/mol. The molecule has 0 spiro atoms. The van der Waals surface area contributed by atoms with Gasteiger partial charge in [-0.25, -0.2) is 0 Å². The van der Waals surface area contributed by atoms with Gasteiger partial charge in [-0.1, -0.05) is 11.3 Å². The van der Waals surface area contributed by atoms with Gasteiger partial charge in [-0.15, -0.1) is 0 Å². The molecule has 0 aliphatic heterocycles. The van der Waals surface area contributed by atoms with E-state index in [-0.39, 0.29) is 0 Å². The zero-order valence-corrected chi connectivity index (χ0v) is 6.32. The fraction of sp³-hybridized carbons (Fsp3) is 0.571. The molecule has 1 aromatic rings. The molecule has 2 heteroatoms. The third-order valence-corrected chi connectivity index (χ3v) is 2.81. The molecule has 9 heavy (non-hydrogen) atoms. The number of hydrogen-bond acceptors (Lipinski definition) is 1. The maximum atomic E-state index is 2.24. The molecule has 0 atom stereocenters. The van der Waals surface area contributed by atoms with E-state index in [4.69, 9.17) is 0 Å². The van der Waals surface area contributed by atoms with Crippen LogP contribution in [0, 0.1) is 0 Å². The molecule has 1 nitrogen and oxygen atoms in total. The molecule has 48 valence electrons. The molecule has 1 saturated carbocycles. The number of hydrogen-bond donors (Lipinski definition) is 0. The molecule has 1 fully saturated rings. The van der Waals surface area contributed by atoms with E-state index in [1.807, 2.05) is 11.3 Å². The van der Waals surface area contributed by atoms with Crippen molar-refractivity contribution in [2.75, 3.05) is 0 Å². The standard InChI is InChI=1S/C7H10NS/c1-8-4-7(9-5-8)6-2-3-6/h4-6H,2-3H2,1H3/q+1. The lowest BCUT2D eigenvalue weighted by Crippen LogP contribution is -2.22. The smallest absolute Gasteiger partial charge is 0.198 e. The number of aryl methyl sites for hydroxylation is 1. The fourth-order valence-corrected chi connectivity index (χ4v) is 1.98. The van der Waals surface area contributed by atoms with Gasteiger partial charge in [-0.3, -0.25) is 0 Å². The van der Waals surface area contributed by atoms with Crippen molar-refractivity contribution < 1.29 is 4.57 Å². The lowest BCUT2D eigenvalue weighted by molar-refractivity contribution is -0.666. The summed E-state index contributed by atoms with van der Waals surface area (Å²) in [5.41, 5.74) is 2.16. The highest BCUT2D eigenvalue weighted by molar-refractivity contribution is 7.09. The molecule has 0 amide bonds. The summed E-state index contributed by atoms with van der Waals surface area (Å²) in [5, 5.41) is 0. The first-order valence-corrected chi connectivity index (χ1v) is 4.18. The Kier molecular flexibility index (Phi) is 1.09. The van der Waals surface area contributed by atoms with Crippen molar-refractivity contribution in [3.63, 3.8) is 0 Å². The first-order chi connectivity index (χ1) is 4.36. The van der Waals surface area contributed by atoms with Crippen molar-refractivity contribution >= 4 is 11.3 Å². The summed E-state index contributed by atoms with van der Waals surface area (Å²) in [6.45, 7) is 0. The van der Waals surface area contributed by atoms with Gasteiger partial charge in [-0.05, 0) is 18.8 Å². The van der Waals surface area contributed by atoms with E-state index in [1.54, 1.807) is 4.88 Å². The number of aromatic nitrogens is 1. The molecule has 1 aromatic heterocycles. The number of thiazole rings is 1. The maximum absolute atomic E-state index is 2.24. The first kappa shape index (κ1) is 5.42. The highest BCUT2D eigenvalue weighted by atomic mass is 32.1. The minimum absolute atomic E-state index is 0.927. The quantitative estimate of drug-likeness (QED) is 0.520.